The largest absolute Gasteiger partial charge is 0.330 e. The number of carbonyl (C=O) groups excluding carboxylic acids is 1. The van der Waals surface area contributed by atoms with Crippen molar-refractivity contribution in [2.45, 2.75) is 53.0 Å². The highest BCUT2D eigenvalue weighted by molar-refractivity contribution is 5.92. The molecule has 0 spiro atoms. The van der Waals surface area contributed by atoms with Gasteiger partial charge in [-0.15, -0.1) is 0 Å². The van der Waals surface area contributed by atoms with E-state index in [2.05, 4.69) is 62.4 Å². The first-order valence-electron chi connectivity index (χ1n) is 11.1. The smallest absolute Gasteiger partial charge is 0.224 e. The van der Waals surface area contributed by atoms with Gasteiger partial charge in [-0.1, -0.05) is 62.7 Å². The zero-order chi connectivity index (χ0) is 21.5. The van der Waals surface area contributed by atoms with Crippen molar-refractivity contribution < 1.29 is 4.79 Å². The molecule has 0 aromatic heterocycles. The molecule has 0 saturated heterocycles. The standard InChI is InChI=1S/C24H26N2O.C3H8/c1-17(27)26(16-19-7-8-20-4-2-3-5-21(20)13-19)24-11-10-22-12-18(15-25)6-9-23(22)14-24;1-3-2/h2-5,7-8,10-11,13-14,18H,6,9,12,15-16,25H2,1H3;3H2,1-2H3. The Balaban J connectivity index is 0.000000806. The topological polar surface area (TPSA) is 46.3 Å². The van der Waals surface area contributed by atoms with Crippen LogP contribution in [0.5, 0.6) is 0 Å². The minimum absolute atomic E-state index is 0.0683. The zero-order valence-electron chi connectivity index (χ0n) is 18.5. The summed E-state index contributed by atoms with van der Waals surface area (Å²) < 4.78 is 0. The maximum Gasteiger partial charge on any atom is 0.224 e. The predicted molar refractivity (Wildman–Crippen MR) is 128 cm³/mol. The fourth-order valence-corrected chi connectivity index (χ4v) is 4.09. The summed E-state index contributed by atoms with van der Waals surface area (Å²) in [4.78, 5) is 14.3. The van der Waals surface area contributed by atoms with Crippen LogP contribution in [0.2, 0.25) is 0 Å². The number of rotatable bonds is 4. The summed E-state index contributed by atoms with van der Waals surface area (Å²) in [5.41, 5.74) is 10.7. The maximum absolute atomic E-state index is 12.4. The Morgan fingerprint density at radius 3 is 2.43 bits per heavy atom. The molecule has 0 radical (unpaired) electrons. The lowest BCUT2D eigenvalue weighted by molar-refractivity contribution is -0.116. The number of nitrogens with two attached hydrogens (primary N) is 1. The van der Waals surface area contributed by atoms with Crippen LogP contribution < -0.4 is 10.6 Å². The quantitative estimate of drug-likeness (QED) is 0.593. The van der Waals surface area contributed by atoms with Crippen LogP contribution in [0.1, 0.15) is 50.3 Å². The molecule has 0 saturated carbocycles. The second-order valence-electron chi connectivity index (χ2n) is 8.29. The van der Waals surface area contributed by atoms with Gasteiger partial charge in [0.15, 0.2) is 0 Å². The molecule has 158 valence electrons. The summed E-state index contributed by atoms with van der Waals surface area (Å²) in [6.07, 6.45) is 4.49. The lowest BCUT2D eigenvalue weighted by Gasteiger charge is -2.27. The molecule has 1 aliphatic carbocycles. The lowest BCUT2D eigenvalue weighted by Crippen LogP contribution is -2.28. The number of amides is 1. The Hall–Kier alpha value is -2.65. The van der Waals surface area contributed by atoms with Crippen LogP contribution in [0, 0.1) is 5.92 Å². The number of anilines is 1. The molecule has 1 amide bonds. The van der Waals surface area contributed by atoms with E-state index in [1.807, 2.05) is 17.0 Å². The first-order chi connectivity index (χ1) is 14.5. The summed E-state index contributed by atoms with van der Waals surface area (Å²) >= 11 is 0. The number of hydrogen-bond donors (Lipinski definition) is 1. The number of benzene rings is 3. The number of carbonyl (C=O) groups is 1. The van der Waals surface area contributed by atoms with E-state index < -0.39 is 0 Å². The summed E-state index contributed by atoms with van der Waals surface area (Å²) in [6.45, 7) is 7.23. The molecule has 3 nitrogen and oxygen atoms in total. The van der Waals surface area contributed by atoms with Crippen LogP contribution in [0.15, 0.2) is 60.7 Å². The van der Waals surface area contributed by atoms with Gasteiger partial charge in [-0.3, -0.25) is 4.79 Å². The van der Waals surface area contributed by atoms with Gasteiger partial charge in [0.2, 0.25) is 5.91 Å². The van der Waals surface area contributed by atoms with Crippen LogP contribution in [-0.4, -0.2) is 12.5 Å². The molecule has 1 atom stereocenters. The van der Waals surface area contributed by atoms with E-state index in [0.29, 0.717) is 12.5 Å². The zero-order valence-corrected chi connectivity index (χ0v) is 18.5. The fraction of sp³-hybridized carbons (Fsp3) is 0.370. The second-order valence-corrected chi connectivity index (χ2v) is 8.29. The molecule has 3 aromatic carbocycles. The molecule has 0 heterocycles. The monoisotopic (exact) mass is 402 g/mol. The molecule has 1 aliphatic rings. The minimum atomic E-state index is 0.0683. The van der Waals surface area contributed by atoms with Gasteiger partial charge >= 0.3 is 0 Å². The number of nitrogens with zero attached hydrogens (tertiary/aromatic N) is 1. The minimum Gasteiger partial charge on any atom is -0.330 e. The van der Waals surface area contributed by atoms with Gasteiger partial charge in [0.25, 0.3) is 0 Å². The average molecular weight is 403 g/mol. The molecule has 3 aromatic rings. The van der Waals surface area contributed by atoms with Gasteiger partial charge in [-0.2, -0.15) is 0 Å². The van der Waals surface area contributed by atoms with Gasteiger partial charge in [0, 0.05) is 12.6 Å². The molecule has 3 heteroatoms. The summed E-state index contributed by atoms with van der Waals surface area (Å²) in [5, 5.41) is 2.43. The third kappa shape index (κ3) is 5.28. The van der Waals surface area contributed by atoms with Crippen LogP contribution in [-0.2, 0) is 24.2 Å². The predicted octanol–water partition coefficient (Wildman–Crippen LogP) is 5.87. The Morgan fingerprint density at radius 1 is 1.00 bits per heavy atom. The van der Waals surface area contributed by atoms with Crippen LogP contribution in [0.25, 0.3) is 10.8 Å². The molecule has 1 unspecified atom stereocenters. The van der Waals surface area contributed by atoms with E-state index in [0.717, 1.165) is 37.1 Å². The number of fused-ring (bicyclic) bond motifs is 2. The van der Waals surface area contributed by atoms with Crippen molar-refractivity contribution in [1.82, 2.24) is 0 Å². The molecule has 0 bridgehead atoms. The summed E-state index contributed by atoms with van der Waals surface area (Å²) in [7, 11) is 0. The van der Waals surface area contributed by atoms with E-state index in [-0.39, 0.29) is 5.91 Å². The Labute approximate surface area is 180 Å². The Bertz CT molecular complexity index is 995. The first kappa shape index (κ1) is 22.0. The van der Waals surface area contributed by atoms with Gasteiger partial charge in [0.05, 0.1) is 6.54 Å². The highest BCUT2D eigenvalue weighted by atomic mass is 16.2. The third-order valence-corrected chi connectivity index (χ3v) is 5.70. The van der Waals surface area contributed by atoms with E-state index in [9.17, 15) is 4.79 Å². The normalized spacial score (nSPS) is 15.1. The van der Waals surface area contributed by atoms with Crippen molar-refractivity contribution in [2.75, 3.05) is 11.4 Å². The lowest BCUT2D eigenvalue weighted by atomic mass is 9.83. The summed E-state index contributed by atoms with van der Waals surface area (Å²) in [5.74, 6) is 0.656. The van der Waals surface area contributed by atoms with Gasteiger partial charge in [0.1, 0.15) is 0 Å². The molecule has 2 N–H and O–H groups in total. The van der Waals surface area contributed by atoms with E-state index in [1.54, 1.807) is 6.92 Å². The SMILES string of the molecule is CC(=O)N(Cc1ccc2ccccc2c1)c1ccc2c(c1)CCC(CN)C2.CCC. The van der Waals surface area contributed by atoms with Crippen molar-refractivity contribution in [3.63, 3.8) is 0 Å². The van der Waals surface area contributed by atoms with E-state index in [4.69, 9.17) is 5.73 Å². The molecular weight excluding hydrogens is 368 g/mol. The summed E-state index contributed by atoms with van der Waals surface area (Å²) in [6, 6.07) is 21.2. The van der Waals surface area contributed by atoms with Gasteiger partial charge in [-0.25, -0.2) is 0 Å². The number of aryl methyl sites for hydroxylation is 1. The van der Waals surface area contributed by atoms with Crippen LogP contribution >= 0.6 is 0 Å². The Morgan fingerprint density at radius 2 is 1.73 bits per heavy atom. The molecule has 0 fully saturated rings. The highest BCUT2D eigenvalue weighted by Gasteiger charge is 2.20. The van der Waals surface area contributed by atoms with Crippen molar-refractivity contribution >= 4 is 22.4 Å². The fourth-order valence-electron chi connectivity index (χ4n) is 4.09. The van der Waals surface area contributed by atoms with Crippen LogP contribution in [0.3, 0.4) is 0 Å². The van der Waals surface area contributed by atoms with Crippen molar-refractivity contribution in [3.05, 3.63) is 77.4 Å². The molecular formula is C27H34N2O. The molecule has 4 rings (SSSR count). The molecule has 0 aliphatic heterocycles. The maximum atomic E-state index is 12.4. The first-order valence-corrected chi connectivity index (χ1v) is 11.1. The Kier molecular flexibility index (Phi) is 7.64. The van der Waals surface area contributed by atoms with Crippen LogP contribution in [0.4, 0.5) is 5.69 Å². The van der Waals surface area contributed by atoms with E-state index >= 15 is 0 Å². The highest BCUT2D eigenvalue weighted by Crippen LogP contribution is 2.30. The van der Waals surface area contributed by atoms with E-state index in [1.165, 1.54) is 28.3 Å². The molecule has 30 heavy (non-hydrogen) atoms. The van der Waals surface area contributed by atoms with Gasteiger partial charge in [-0.05, 0) is 77.4 Å². The third-order valence-electron chi connectivity index (χ3n) is 5.70. The van der Waals surface area contributed by atoms with Crippen molar-refractivity contribution in [1.29, 1.82) is 0 Å². The number of hydrogen-bond acceptors (Lipinski definition) is 2. The van der Waals surface area contributed by atoms with Gasteiger partial charge < -0.3 is 10.6 Å². The van der Waals surface area contributed by atoms with Crippen molar-refractivity contribution in [3.8, 4) is 0 Å². The average Bonchev–Trinajstić information content (AvgIpc) is 2.77. The second kappa shape index (κ2) is 10.4. The van der Waals surface area contributed by atoms with Crippen molar-refractivity contribution in [2.24, 2.45) is 11.7 Å².